The van der Waals surface area contributed by atoms with E-state index in [0.717, 1.165) is 12.3 Å². The SMILES string of the molecule is C[Si]1([C-]2CCC3CC=CC=C23)CCC1.[C-]1=CC=CC1.[Cl-].[Cl-].[Hf+4]. The summed E-state index contributed by atoms with van der Waals surface area (Å²) in [6.07, 6.45) is 22.8. The van der Waals surface area contributed by atoms with Crippen molar-refractivity contribution in [2.75, 3.05) is 0 Å². The Labute approximate surface area is 168 Å². The van der Waals surface area contributed by atoms with Crippen LogP contribution in [0.4, 0.5) is 0 Å². The van der Waals surface area contributed by atoms with E-state index >= 15 is 0 Å². The van der Waals surface area contributed by atoms with Gasteiger partial charge in [-0.2, -0.15) is 6.08 Å². The van der Waals surface area contributed by atoms with E-state index in [1.165, 1.54) is 25.7 Å². The van der Waals surface area contributed by atoms with E-state index < -0.39 is 8.07 Å². The predicted octanol–water partition coefficient (Wildman–Crippen LogP) is -0.810. The van der Waals surface area contributed by atoms with E-state index in [9.17, 15) is 0 Å². The zero-order valence-corrected chi connectivity index (χ0v) is 19.4. The molecule has 4 heteroatoms. The molecule has 0 radical (unpaired) electrons. The molecule has 2 fully saturated rings. The first kappa shape index (κ1) is 22.5. The molecule has 1 saturated heterocycles. The smallest absolute Gasteiger partial charge is 1.00 e. The van der Waals surface area contributed by atoms with Crippen LogP contribution >= 0.6 is 0 Å². The van der Waals surface area contributed by atoms with Crippen LogP contribution in [-0.2, 0) is 25.8 Å². The van der Waals surface area contributed by atoms with Gasteiger partial charge in [0.1, 0.15) is 0 Å². The Kier molecular flexibility index (Phi) is 10.6. The molecule has 22 heavy (non-hydrogen) atoms. The van der Waals surface area contributed by atoms with E-state index in [0.29, 0.717) is 0 Å². The van der Waals surface area contributed by atoms with Gasteiger partial charge in [-0.15, -0.1) is 18.6 Å². The van der Waals surface area contributed by atoms with Crippen molar-refractivity contribution in [2.45, 2.75) is 50.7 Å². The third kappa shape index (κ3) is 4.99. The normalized spacial score (nSPS) is 25.4. The fraction of sp³-hybridized carbons (Fsp3) is 0.500. The van der Waals surface area contributed by atoms with Gasteiger partial charge >= 0.3 is 25.8 Å². The second kappa shape index (κ2) is 10.4. The van der Waals surface area contributed by atoms with Gasteiger partial charge in [-0.05, 0) is 20.4 Å². The van der Waals surface area contributed by atoms with Gasteiger partial charge in [-0.25, -0.2) is 29.3 Å². The molecule has 1 saturated carbocycles. The molecular weight excluding hydrogens is 494 g/mol. The van der Waals surface area contributed by atoms with Crippen LogP contribution in [-0.4, -0.2) is 8.07 Å². The van der Waals surface area contributed by atoms with Crippen molar-refractivity contribution in [1.82, 2.24) is 0 Å². The standard InChI is InChI=1S/C13H19Si.C5H5.2ClH.Hf/c1-14(9-4-10-14)13-8-7-11-5-2-3-6-12(11)13;1-2-4-5-3-1;;;/h2-3,6,11H,4-5,7-10H2,1H3;1-3H,4H2;2*1H;/q2*-1;;;+4/p-2. The molecular formula is C18H24Cl2HfSi. The van der Waals surface area contributed by atoms with E-state index in [-0.39, 0.29) is 50.7 Å². The van der Waals surface area contributed by atoms with Gasteiger partial charge < -0.3 is 24.8 Å². The molecule has 0 N–H and O–H groups in total. The minimum atomic E-state index is -0.857. The van der Waals surface area contributed by atoms with Crippen LogP contribution in [0, 0.1) is 17.5 Å². The Morgan fingerprint density at radius 2 is 1.95 bits per heavy atom. The van der Waals surface area contributed by atoms with Crippen LogP contribution in [0.1, 0.15) is 32.1 Å². The predicted molar refractivity (Wildman–Crippen MR) is 85.2 cm³/mol. The molecule has 0 aromatic carbocycles. The summed E-state index contributed by atoms with van der Waals surface area (Å²) in [5.74, 6) is 0.917. The summed E-state index contributed by atoms with van der Waals surface area (Å²) in [5, 5.41) is 0. The average molecular weight is 518 g/mol. The molecule has 4 rings (SSSR count). The average Bonchev–Trinajstić information content (AvgIpc) is 3.08. The second-order valence-electron chi connectivity index (χ2n) is 6.42. The summed E-state index contributed by atoms with van der Waals surface area (Å²) < 4.78 is 0. The van der Waals surface area contributed by atoms with Gasteiger partial charge in [-0.1, -0.05) is 37.9 Å². The minimum absolute atomic E-state index is 0. The number of allylic oxidation sites excluding steroid dienone is 8. The Morgan fingerprint density at radius 3 is 2.45 bits per heavy atom. The molecule has 4 aliphatic rings. The summed E-state index contributed by atoms with van der Waals surface area (Å²) in [4.78, 5) is 0. The molecule has 0 aromatic heterocycles. The van der Waals surface area contributed by atoms with Gasteiger partial charge in [0, 0.05) is 0 Å². The summed E-state index contributed by atoms with van der Waals surface area (Å²) in [6, 6.07) is 3.16. The molecule has 1 heterocycles. The summed E-state index contributed by atoms with van der Waals surface area (Å²) in [7, 11) is -0.857. The molecule has 0 spiro atoms. The Bertz CT molecular complexity index is 440. The van der Waals surface area contributed by atoms with Gasteiger partial charge in [0.15, 0.2) is 0 Å². The van der Waals surface area contributed by atoms with Crippen molar-refractivity contribution in [3.63, 3.8) is 0 Å². The maximum Gasteiger partial charge on any atom is 4.00 e. The van der Waals surface area contributed by atoms with E-state index in [1.54, 1.807) is 17.7 Å². The van der Waals surface area contributed by atoms with Crippen LogP contribution in [0.2, 0.25) is 18.6 Å². The van der Waals surface area contributed by atoms with Crippen LogP contribution in [0.3, 0.4) is 0 Å². The summed E-state index contributed by atoms with van der Waals surface area (Å²) in [5.41, 5.74) is 3.74. The van der Waals surface area contributed by atoms with E-state index in [4.69, 9.17) is 0 Å². The van der Waals surface area contributed by atoms with Crippen LogP contribution in [0.5, 0.6) is 0 Å². The molecule has 0 nitrogen and oxygen atoms in total. The summed E-state index contributed by atoms with van der Waals surface area (Å²) >= 11 is 0. The summed E-state index contributed by atoms with van der Waals surface area (Å²) in [6.45, 7) is 2.62. The van der Waals surface area contributed by atoms with Gasteiger partial charge in [0.05, 0.1) is 0 Å². The van der Waals surface area contributed by atoms with Crippen LogP contribution in [0.25, 0.3) is 0 Å². The second-order valence-corrected chi connectivity index (χ2v) is 11.1. The minimum Gasteiger partial charge on any atom is -1.00 e. The van der Waals surface area contributed by atoms with Crippen LogP contribution in [0.15, 0.2) is 42.0 Å². The number of fused-ring (bicyclic) bond motifs is 1. The molecule has 118 valence electrons. The maximum atomic E-state index is 2.99. The third-order valence-corrected chi connectivity index (χ3v) is 10.0. The van der Waals surface area contributed by atoms with Crippen molar-refractivity contribution >= 4 is 8.07 Å². The molecule has 3 aliphatic carbocycles. The van der Waals surface area contributed by atoms with Crippen molar-refractivity contribution in [3.8, 4) is 0 Å². The zero-order valence-electron chi connectivity index (χ0n) is 13.2. The van der Waals surface area contributed by atoms with Gasteiger partial charge in [-0.3, -0.25) is 6.08 Å². The van der Waals surface area contributed by atoms with E-state index in [1.807, 2.05) is 17.7 Å². The molecule has 1 atom stereocenters. The van der Waals surface area contributed by atoms with Gasteiger partial charge in [0.25, 0.3) is 0 Å². The number of rotatable bonds is 1. The van der Waals surface area contributed by atoms with Crippen molar-refractivity contribution in [2.24, 2.45) is 5.92 Å². The van der Waals surface area contributed by atoms with Crippen molar-refractivity contribution in [1.29, 1.82) is 0 Å². The molecule has 0 bridgehead atoms. The largest absolute Gasteiger partial charge is 4.00 e. The van der Waals surface area contributed by atoms with Crippen LogP contribution < -0.4 is 24.8 Å². The zero-order chi connectivity index (χ0) is 13.1. The molecule has 1 aliphatic heterocycles. The first-order valence-corrected chi connectivity index (χ1v) is 10.7. The number of hydrogen-bond acceptors (Lipinski definition) is 0. The van der Waals surface area contributed by atoms with Crippen molar-refractivity contribution < 1.29 is 50.7 Å². The Morgan fingerprint density at radius 1 is 1.18 bits per heavy atom. The molecule has 0 amide bonds. The first-order chi connectivity index (χ1) is 9.30. The first-order valence-electron chi connectivity index (χ1n) is 7.75. The maximum absolute atomic E-state index is 2.99. The molecule has 1 unspecified atom stereocenters. The fourth-order valence-corrected chi connectivity index (χ4v) is 7.51. The Hall–Kier alpha value is 0.497. The third-order valence-electron chi connectivity index (χ3n) is 5.14. The van der Waals surface area contributed by atoms with Gasteiger partial charge in [0.2, 0.25) is 0 Å². The molecule has 0 aromatic rings. The quantitative estimate of drug-likeness (QED) is 0.315. The topological polar surface area (TPSA) is 0 Å². The number of halogens is 2. The van der Waals surface area contributed by atoms with Crippen molar-refractivity contribution in [3.05, 3.63) is 53.6 Å². The van der Waals surface area contributed by atoms with E-state index in [2.05, 4.69) is 36.9 Å². The fourth-order valence-electron chi connectivity index (χ4n) is 3.76. The number of hydrogen-bond donors (Lipinski definition) is 0. The Balaban J connectivity index is 0.000000482. The monoisotopic (exact) mass is 518 g/mol.